The molecule has 1 aromatic carbocycles. The lowest BCUT2D eigenvalue weighted by atomic mass is 10.0. The van der Waals surface area contributed by atoms with Gasteiger partial charge in [-0.3, -0.25) is 4.79 Å². The van der Waals surface area contributed by atoms with Crippen LogP contribution in [0.4, 0.5) is 17.6 Å². The van der Waals surface area contributed by atoms with Crippen LogP contribution in [0, 0.1) is 5.82 Å². The Bertz CT molecular complexity index is 516. The van der Waals surface area contributed by atoms with Crippen LogP contribution < -0.4 is 5.32 Å². The predicted octanol–water partition coefficient (Wildman–Crippen LogP) is 2.40. The number of rotatable bonds is 3. The molecule has 1 heterocycles. The molecule has 1 aliphatic rings. The Balaban J connectivity index is 2.18. The molecule has 0 spiro atoms. The van der Waals surface area contributed by atoms with Crippen molar-refractivity contribution in [2.75, 3.05) is 13.7 Å². The highest BCUT2D eigenvalue weighted by atomic mass is 19.4. The van der Waals surface area contributed by atoms with E-state index in [9.17, 15) is 22.4 Å². The fraction of sp³-hybridized carbons (Fsp3) is 0.462. The smallest absolute Gasteiger partial charge is 0.380 e. The summed E-state index contributed by atoms with van der Waals surface area (Å²) in [6.07, 6.45) is -4.47. The van der Waals surface area contributed by atoms with Crippen LogP contribution in [0.25, 0.3) is 0 Å². The van der Waals surface area contributed by atoms with Crippen LogP contribution in [0.2, 0.25) is 0 Å². The number of hydrogen-bond donors (Lipinski definition) is 1. The van der Waals surface area contributed by atoms with Gasteiger partial charge >= 0.3 is 6.18 Å². The first-order valence-electron chi connectivity index (χ1n) is 6.00. The van der Waals surface area contributed by atoms with Crippen LogP contribution in [-0.4, -0.2) is 31.6 Å². The number of ether oxygens (including phenoxy) is 1. The van der Waals surface area contributed by atoms with Gasteiger partial charge in [-0.25, -0.2) is 4.39 Å². The number of carbonyl (C=O) groups excluding carboxylic acids is 1. The summed E-state index contributed by atoms with van der Waals surface area (Å²) in [4.78, 5) is 12.1. The molecule has 1 N–H and O–H groups in total. The number of methoxy groups -OCH3 is 1. The van der Waals surface area contributed by atoms with Crippen LogP contribution in [0.3, 0.4) is 0 Å². The second-order valence-electron chi connectivity index (χ2n) is 4.61. The summed E-state index contributed by atoms with van der Waals surface area (Å²) >= 11 is 0. The minimum Gasteiger partial charge on any atom is -0.380 e. The highest BCUT2D eigenvalue weighted by molar-refractivity contribution is 6.00. The summed E-state index contributed by atoms with van der Waals surface area (Å²) in [5.41, 5.74) is -1.45. The molecular formula is C13H13F4NO2. The maximum absolute atomic E-state index is 13.4. The first kappa shape index (κ1) is 14.9. The minimum absolute atomic E-state index is 0.0789. The molecule has 2 unspecified atom stereocenters. The van der Waals surface area contributed by atoms with Crippen molar-refractivity contribution in [3.63, 3.8) is 0 Å². The standard InChI is InChI=1S/C13H13F4NO2/c1-20-8-5-11(18-6-8)12(19)7-2-3-9(10(14)4-7)13(15,16)17/h2-4,8,11,18H,5-6H2,1H3. The molecule has 3 nitrogen and oxygen atoms in total. The molecule has 0 aromatic heterocycles. The maximum Gasteiger partial charge on any atom is 0.419 e. The largest absolute Gasteiger partial charge is 0.419 e. The van der Waals surface area contributed by atoms with Crippen molar-refractivity contribution in [1.29, 1.82) is 0 Å². The van der Waals surface area contributed by atoms with Crippen molar-refractivity contribution < 1.29 is 27.1 Å². The Hall–Kier alpha value is -1.47. The lowest BCUT2D eigenvalue weighted by Gasteiger charge is -2.12. The van der Waals surface area contributed by atoms with Crippen LogP contribution >= 0.6 is 0 Å². The molecule has 0 amide bonds. The van der Waals surface area contributed by atoms with Crippen molar-refractivity contribution in [1.82, 2.24) is 5.32 Å². The number of halogens is 4. The predicted molar refractivity (Wildman–Crippen MR) is 62.9 cm³/mol. The van der Waals surface area contributed by atoms with E-state index in [1.54, 1.807) is 0 Å². The number of ketones is 1. The van der Waals surface area contributed by atoms with Gasteiger partial charge in [0, 0.05) is 19.2 Å². The number of Topliss-reactive ketones (excluding diaryl/α,β-unsaturated/α-hetero) is 1. The second-order valence-corrected chi connectivity index (χ2v) is 4.61. The lowest BCUT2D eigenvalue weighted by Crippen LogP contribution is -2.30. The number of nitrogens with one attached hydrogen (secondary N) is 1. The zero-order valence-electron chi connectivity index (χ0n) is 10.6. The minimum atomic E-state index is -4.77. The maximum atomic E-state index is 13.4. The zero-order valence-corrected chi connectivity index (χ0v) is 10.6. The van der Waals surface area contributed by atoms with Gasteiger partial charge in [0.05, 0.1) is 17.7 Å². The van der Waals surface area contributed by atoms with Gasteiger partial charge in [-0.15, -0.1) is 0 Å². The van der Waals surface area contributed by atoms with E-state index in [1.807, 2.05) is 0 Å². The summed E-state index contributed by atoms with van der Waals surface area (Å²) < 4.78 is 55.8. The molecule has 1 saturated heterocycles. The molecule has 0 radical (unpaired) electrons. The fourth-order valence-corrected chi connectivity index (χ4v) is 2.18. The molecule has 110 valence electrons. The average molecular weight is 291 g/mol. The van der Waals surface area contributed by atoms with E-state index in [1.165, 1.54) is 7.11 Å². The average Bonchev–Trinajstić information content (AvgIpc) is 2.85. The summed E-state index contributed by atoms with van der Waals surface area (Å²) in [6.45, 7) is 0.482. The van der Waals surface area contributed by atoms with Crippen molar-refractivity contribution in [2.45, 2.75) is 24.7 Å². The van der Waals surface area contributed by atoms with E-state index in [-0.39, 0.29) is 11.7 Å². The molecule has 1 aliphatic heterocycles. The van der Waals surface area contributed by atoms with E-state index < -0.39 is 29.4 Å². The van der Waals surface area contributed by atoms with Gasteiger partial charge in [0.1, 0.15) is 5.82 Å². The number of carbonyl (C=O) groups is 1. The summed E-state index contributed by atoms with van der Waals surface area (Å²) in [5, 5.41) is 2.90. The highest BCUT2D eigenvalue weighted by Gasteiger charge is 2.35. The number of benzene rings is 1. The molecular weight excluding hydrogens is 278 g/mol. The van der Waals surface area contributed by atoms with E-state index in [4.69, 9.17) is 4.74 Å². The van der Waals surface area contributed by atoms with E-state index >= 15 is 0 Å². The molecule has 7 heteroatoms. The summed E-state index contributed by atoms with van der Waals surface area (Å²) in [7, 11) is 1.51. The topological polar surface area (TPSA) is 38.3 Å². The SMILES string of the molecule is COC1CNC(C(=O)c2ccc(C(F)(F)F)c(F)c2)C1. The van der Waals surface area contributed by atoms with E-state index in [2.05, 4.69) is 5.32 Å². The summed E-state index contributed by atoms with van der Waals surface area (Å²) in [5.74, 6) is -1.87. The summed E-state index contributed by atoms with van der Waals surface area (Å²) in [6, 6.07) is 1.66. The Labute approximate surface area is 112 Å². The fourth-order valence-electron chi connectivity index (χ4n) is 2.18. The van der Waals surface area contributed by atoms with Gasteiger partial charge in [-0.05, 0) is 18.6 Å². The molecule has 0 saturated carbocycles. The Morgan fingerprint density at radius 3 is 2.60 bits per heavy atom. The van der Waals surface area contributed by atoms with Crippen molar-refractivity contribution in [3.05, 3.63) is 35.1 Å². The Morgan fingerprint density at radius 1 is 1.40 bits per heavy atom. The molecule has 1 aromatic rings. The van der Waals surface area contributed by atoms with E-state index in [0.717, 1.165) is 6.07 Å². The molecule has 2 atom stereocenters. The number of alkyl halides is 3. The monoisotopic (exact) mass is 291 g/mol. The van der Waals surface area contributed by atoms with Crippen molar-refractivity contribution >= 4 is 5.78 Å². The molecule has 20 heavy (non-hydrogen) atoms. The Kier molecular flexibility index (Phi) is 4.10. The lowest BCUT2D eigenvalue weighted by molar-refractivity contribution is -0.140. The van der Waals surface area contributed by atoms with Crippen LogP contribution in [0.1, 0.15) is 22.3 Å². The van der Waals surface area contributed by atoms with Crippen LogP contribution in [-0.2, 0) is 10.9 Å². The third-order valence-electron chi connectivity index (χ3n) is 3.30. The molecule has 0 bridgehead atoms. The zero-order chi connectivity index (χ0) is 14.9. The van der Waals surface area contributed by atoms with E-state index in [0.29, 0.717) is 25.1 Å². The quantitative estimate of drug-likeness (QED) is 0.686. The van der Waals surface area contributed by atoms with Gasteiger partial charge in [0.2, 0.25) is 0 Å². The van der Waals surface area contributed by atoms with Gasteiger partial charge in [0.25, 0.3) is 0 Å². The van der Waals surface area contributed by atoms with Crippen molar-refractivity contribution in [3.8, 4) is 0 Å². The van der Waals surface area contributed by atoms with Gasteiger partial charge < -0.3 is 10.1 Å². The van der Waals surface area contributed by atoms with Crippen LogP contribution in [0.5, 0.6) is 0 Å². The second kappa shape index (κ2) is 5.49. The highest BCUT2D eigenvalue weighted by Crippen LogP contribution is 2.31. The van der Waals surface area contributed by atoms with Crippen molar-refractivity contribution in [2.24, 2.45) is 0 Å². The third-order valence-corrected chi connectivity index (χ3v) is 3.30. The first-order valence-corrected chi connectivity index (χ1v) is 6.00. The molecule has 1 fully saturated rings. The normalized spacial score (nSPS) is 23.1. The first-order chi connectivity index (χ1) is 9.32. The van der Waals surface area contributed by atoms with Gasteiger partial charge in [-0.1, -0.05) is 6.07 Å². The Morgan fingerprint density at radius 2 is 2.10 bits per heavy atom. The molecule has 2 rings (SSSR count). The number of hydrogen-bond acceptors (Lipinski definition) is 3. The third kappa shape index (κ3) is 2.99. The molecule has 0 aliphatic carbocycles. The van der Waals surface area contributed by atoms with Gasteiger partial charge in [-0.2, -0.15) is 13.2 Å². The van der Waals surface area contributed by atoms with Crippen LogP contribution in [0.15, 0.2) is 18.2 Å². The van der Waals surface area contributed by atoms with Gasteiger partial charge in [0.15, 0.2) is 5.78 Å².